The molecule has 110 valence electrons. The standard InChI is InChI=1S/C19H17INO/c1-22-19-12-11-15(14-21-19)13-16-7-5-6-10-18(16)20-17-8-3-2-4-9-17/h2-12,14H,13H2,1H3/q+1. The Morgan fingerprint density at radius 2 is 1.68 bits per heavy atom. The van der Waals surface area contributed by atoms with Crippen LogP contribution in [-0.4, -0.2) is 12.1 Å². The monoisotopic (exact) mass is 402 g/mol. The highest BCUT2D eigenvalue weighted by molar-refractivity contribution is 5.26. The van der Waals surface area contributed by atoms with Crippen LogP contribution in [-0.2, 0) is 6.42 Å². The zero-order valence-corrected chi connectivity index (χ0v) is 14.5. The van der Waals surface area contributed by atoms with Crippen molar-refractivity contribution < 1.29 is 25.9 Å². The Bertz CT molecular complexity index is 726. The fraction of sp³-hybridized carbons (Fsp3) is 0.105. The summed E-state index contributed by atoms with van der Waals surface area (Å²) in [5.74, 6) is 0.661. The summed E-state index contributed by atoms with van der Waals surface area (Å²) in [7, 11) is 1.64. The number of pyridine rings is 1. The summed E-state index contributed by atoms with van der Waals surface area (Å²) in [6, 6.07) is 23.5. The maximum Gasteiger partial charge on any atom is 0.358 e. The molecule has 0 aliphatic heterocycles. The molecule has 22 heavy (non-hydrogen) atoms. The molecule has 0 saturated carbocycles. The van der Waals surface area contributed by atoms with Gasteiger partial charge in [0.05, 0.1) is 7.11 Å². The van der Waals surface area contributed by atoms with Crippen molar-refractivity contribution in [3.8, 4) is 5.88 Å². The van der Waals surface area contributed by atoms with Crippen LogP contribution in [0.3, 0.4) is 0 Å². The van der Waals surface area contributed by atoms with Crippen molar-refractivity contribution in [2.45, 2.75) is 6.42 Å². The average Bonchev–Trinajstić information content (AvgIpc) is 2.58. The summed E-state index contributed by atoms with van der Waals surface area (Å²) in [5, 5.41) is 0. The number of halogens is 1. The van der Waals surface area contributed by atoms with Crippen LogP contribution in [0.1, 0.15) is 11.1 Å². The zero-order valence-electron chi connectivity index (χ0n) is 12.4. The highest BCUT2D eigenvalue weighted by atomic mass is 127. The van der Waals surface area contributed by atoms with Gasteiger partial charge in [0, 0.05) is 24.2 Å². The Balaban J connectivity index is 1.81. The van der Waals surface area contributed by atoms with Crippen molar-refractivity contribution >= 4 is 0 Å². The molecule has 0 amide bonds. The van der Waals surface area contributed by atoms with E-state index in [0.29, 0.717) is 5.88 Å². The third kappa shape index (κ3) is 3.85. The molecule has 0 N–H and O–H groups in total. The lowest BCUT2D eigenvalue weighted by Crippen LogP contribution is -3.61. The molecule has 3 rings (SSSR count). The Morgan fingerprint density at radius 1 is 0.909 bits per heavy atom. The first-order valence-corrected chi connectivity index (χ1v) is 9.27. The van der Waals surface area contributed by atoms with E-state index in [0.717, 1.165) is 6.42 Å². The van der Waals surface area contributed by atoms with Crippen molar-refractivity contribution in [3.05, 3.63) is 91.2 Å². The van der Waals surface area contributed by atoms with Gasteiger partial charge in [-0.25, -0.2) is 4.98 Å². The molecule has 3 heteroatoms. The van der Waals surface area contributed by atoms with E-state index < -0.39 is 0 Å². The molecule has 0 fully saturated rings. The minimum absolute atomic E-state index is 0.146. The summed E-state index contributed by atoms with van der Waals surface area (Å²) in [6.07, 6.45) is 2.82. The number of hydrogen-bond donors (Lipinski definition) is 0. The number of aromatic nitrogens is 1. The normalized spacial score (nSPS) is 10.4. The van der Waals surface area contributed by atoms with Crippen molar-refractivity contribution in [1.82, 2.24) is 4.98 Å². The third-order valence-electron chi connectivity index (χ3n) is 3.30. The molecule has 2 aromatic carbocycles. The Morgan fingerprint density at radius 3 is 2.41 bits per heavy atom. The van der Waals surface area contributed by atoms with Gasteiger partial charge >= 0.3 is 21.2 Å². The highest BCUT2D eigenvalue weighted by Crippen LogP contribution is 2.11. The van der Waals surface area contributed by atoms with E-state index in [9.17, 15) is 0 Å². The van der Waals surface area contributed by atoms with Gasteiger partial charge in [0.15, 0.2) is 7.14 Å². The van der Waals surface area contributed by atoms with Gasteiger partial charge in [-0.2, -0.15) is 0 Å². The lowest BCUT2D eigenvalue weighted by molar-refractivity contribution is -0.598. The predicted molar refractivity (Wildman–Crippen MR) is 83.9 cm³/mol. The molecule has 1 aromatic heterocycles. The molecule has 0 aliphatic rings. The van der Waals surface area contributed by atoms with Crippen LogP contribution >= 0.6 is 0 Å². The van der Waals surface area contributed by atoms with Gasteiger partial charge in [-0.05, 0) is 23.8 Å². The molecule has 0 spiro atoms. The van der Waals surface area contributed by atoms with Crippen LogP contribution in [0.4, 0.5) is 0 Å². The summed E-state index contributed by atoms with van der Waals surface area (Å²) in [4.78, 5) is 4.29. The van der Waals surface area contributed by atoms with Crippen molar-refractivity contribution in [1.29, 1.82) is 0 Å². The lowest BCUT2D eigenvalue weighted by atomic mass is 10.1. The number of methoxy groups -OCH3 is 1. The molecule has 0 radical (unpaired) electrons. The molecule has 0 bridgehead atoms. The van der Waals surface area contributed by atoms with Gasteiger partial charge < -0.3 is 4.74 Å². The van der Waals surface area contributed by atoms with Crippen LogP contribution in [0.2, 0.25) is 0 Å². The summed E-state index contributed by atoms with van der Waals surface area (Å²) in [5.41, 5.74) is 2.61. The van der Waals surface area contributed by atoms with Crippen LogP contribution in [0.15, 0.2) is 72.9 Å². The highest BCUT2D eigenvalue weighted by Gasteiger charge is 2.19. The maximum absolute atomic E-state index is 5.12. The van der Waals surface area contributed by atoms with Gasteiger partial charge in [0.2, 0.25) is 5.88 Å². The smallest absolute Gasteiger partial charge is 0.358 e. The van der Waals surface area contributed by atoms with E-state index in [1.807, 2.05) is 12.3 Å². The van der Waals surface area contributed by atoms with Gasteiger partial charge in [0.1, 0.15) is 0 Å². The van der Waals surface area contributed by atoms with E-state index in [1.165, 1.54) is 18.3 Å². The molecule has 0 unspecified atom stereocenters. The second kappa shape index (κ2) is 7.40. The topological polar surface area (TPSA) is 22.1 Å². The first-order chi connectivity index (χ1) is 10.8. The molecular weight excluding hydrogens is 385 g/mol. The number of nitrogens with zero attached hydrogens (tertiary/aromatic N) is 1. The fourth-order valence-electron chi connectivity index (χ4n) is 2.19. The molecular formula is C19H17INO+. The lowest BCUT2D eigenvalue weighted by Gasteiger charge is -2.03. The first kappa shape index (κ1) is 15.0. The van der Waals surface area contributed by atoms with Crippen LogP contribution < -0.4 is 25.9 Å². The Labute approximate surface area is 141 Å². The van der Waals surface area contributed by atoms with Crippen molar-refractivity contribution in [2.24, 2.45) is 0 Å². The third-order valence-corrected chi connectivity index (χ3v) is 6.28. The molecule has 1 heterocycles. The molecule has 0 saturated heterocycles. The molecule has 0 atom stereocenters. The second-order valence-corrected chi connectivity index (χ2v) is 7.81. The second-order valence-electron chi connectivity index (χ2n) is 4.87. The summed E-state index contributed by atoms with van der Waals surface area (Å²) >= 11 is -0.146. The molecule has 3 aromatic rings. The largest absolute Gasteiger partial charge is 0.481 e. The molecule has 2 nitrogen and oxygen atoms in total. The number of hydrogen-bond acceptors (Lipinski definition) is 2. The minimum Gasteiger partial charge on any atom is -0.481 e. The summed E-state index contributed by atoms with van der Waals surface area (Å²) < 4.78 is 8.04. The van der Waals surface area contributed by atoms with Gasteiger partial charge in [0.25, 0.3) is 0 Å². The first-order valence-electron chi connectivity index (χ1n) is 7.12. The minimum atomic E-state index is -0.146. The number of ether oxygens (including phenoxy) is 1. The summed E-state index contributed by atoms with van der Waals surface area (Å²) in [6.45, 7) is 0. The van der Waals surface area contributed by atoms with Crippen molar-refractivity contribution in [2.75, 3.05) is 7.11 Å². The van der Waals surface area contributed by atoms with Gasteiger partial charge in [-0.3, -0.25) is 0 Å². The number of rotatable bonds is 5. The van der Waals surface area contributed by atoms with Crippen molar-refractivity contribution in [3.63, 3.8) is 0 Å². The van der Waals surface area contributed by atoms with E-state index in [2.05, 4.69) is 65.6 Å². The van der Waals surface area contributed by atoms with E-state index in [-0.39, 0.29) is 21.2 Å². The van der Waals surface area contributed by atoms with E-state index >= 15 is 0 Å². The quantitative estimate of drug-likeness (QED) is 0.590. The van der Waals surface area contributed by atoms with Gasteiger partial charge in [-0.1, -0.05) is 42.5 Å². The Hall–Kier alpha value is -1.88. The van der Waals surface area contributed by atoms with Crippen LogP contribution in [0.25, 0.3) is 0 Å². The maximum atomic E-state index is 5.12. The SMILES string of the molecule is COc1ccc(Cc2ccccc2[I+]c2ccccc2)cn1. The Kier molecular flexibility index (Phi) is 5.06. The average molecular weight is 402 g/mol. The fourth-order valence-corrected chi connectivity index (χ4v) is 4.74. The molecule has 0 aliphatic carbocycles. The van der Waals surface area contributed by atoms with E-state index in [1.54, 1.807) is 7.11 Å². The van der Waals surface area contributed by atoms with Crippen LogP contribution in [0.5, 0.6) is 5.88 Å². The van der Waals surface area contributed by atoms with E-state index in [4.69, 9.17) is 4.74 Å². The zero-order chi connectivity index (χ0) is 15.2. The van der Waals surface area contributed by atoms with Gasteiger partial charge in [-0.15, -0.1) is 0 Å². The number of benzene rings is 2. The predicted octanol–water partition coefficient (Wildman–Crippen LogP) is 0.809. The van der Waals surface area contributed by atoms with Crippen LogP contribution in [0, 0.1) is 7.14 Å².